The molecule has 1 N–H and O–H groups in total. The molecule has 1 aromatic heterocycles. The number of rotatable bonds is 6. The monoisotopic (exact) mass is 513 g/mol. The van der Waals surface area contributed by atoms with Crippen LogP contribution in [0.25, 0.3) is 0 Å². The summed E-state index contributed by atoms with van der Waals surface area (Å²) in [6.07, 6.45) is -1.34. The van der Waals surface area contributed by atoms with Crippen molar-refractivity contribution in [2.45, 2.75) is 51.7 Å². The fraction of sp³-hybridized carbons (Fsp3) is 0.542. The highest BCUT2D eigenvalue weighted by molar-refractivity contribution is 6.31. The van der Waals surface area contributed by atoms with Gasteiger partial charge < -0.3 is 14.8 Å². The van der Waals surface area contributed by atoms with Crippen LogP contribution < -0.4 is 5.32 Å². The molecule has 1 spiro atoms. The summed E-state index contributed by atoms with van der Waals surface area (Å²) in [6.45, 7) is 4.34. The van der Waals surface area contributed by atoms with Gasteiger partial charge in [-0.25, -0.2) is 4.79 Å². The number of carbonyl (C=O) groups is 2. The summed E-state index contributed by atoms with van der Waals surface area (Å²) < 4.78 is 51.5. The third kappa shape index (κ3) is 5.64. The van der Waals surface area contributed by atoms with Gasteiger partial charge in [0.1, 0.15) is 5.69 Å². The molecule has 7 nitrogen and oxygen atoms in total. The maximum atomic E-state index is 13.0. The second-order valence-corrected chi connectivity index (χ2v) is 9.46. The van der Waals surface area contributed by atoms with E-state index in [9.17, 15) is 22.8 Å². The number of amides is 1. The van der Waals surface area contributed by atoms with E-state index in [1.807, 2.05) is 6.92 Å². The fourth-order valence-corrected chi connectivity index (χ4v) is 4.96. The molecule has 3 heterocycles. The van der Waals surface area contributed by atoms with Crippen LogP contribution in [-0.2, 0) is 35.0 Å². The number of aryl methyl sites for hydroxylation is 2. The average Bonchev–Trinajstić information content (AvgIpc) is 3.09. The van der Waals surface area contributed by atoms with E-state index in [0.717, 1.165) is 42.3 Å². The Kier molecular flexibility index (Phi) is 7.42. The molecule has 190 valence electrons. The standard InChI is InChI=1S/C24H27ClF3N3O4/c1-2-31-20-18(13-23(14-29-21(20)32)5-8-34-9-6-23)19(30-31)4-3-7-35-22(33)15-10-16(24(26,27)28)12-17(25)11-15/h10-12H,2-9,13-14H2,1H3,(H,29,32). The van der Waals surface area contributed by atoms with Crippen LogP contribution in [0.2, 0.25) is 5.02 Å². The van der Waals surface area contributed by atoms with E-state index >= 15 is 0 Å². The van der Waals surface area contributed by atoms with Gasteiger partial charge in [0.15, 0.2) is 0 Å². The SMILES string of the molecule is CCn1nc(CCCOC(=O)c2cc(Cl)cc(C(F)(F)F)c2)c2c1C(=O)NCC1(CCOCC1)C2. The molecule has 4 rings (SSSR count). The Morgan fingerprint density at radius 2 is 2.03 bits per heavy atom. The van der Waals surface area contributed by atoms with Gasteiger partial charge in [-0.3, -0.25) is 9.48 Å². The molecule has 0 unspecified atom stereocenters. The molecule has 11 heteroatoms. The topological polar surface area (TPSA) is 82.5 Å². The number of nitrogens with one attached hydrogen (secondary N) is 1. The Hall–Kier alpha value is -2.59. The number of alkyl halides is 3. The van der Waals surface area contributed by atoms with Crippen LogP contribution in [0.4, 0.5) is 13.2 Å². The van der Waals surface area contributed by atoms with Crippen LogP contribution >= 0.6 is 11.6 Å². The number of hydrogen-bond acceptors (Lipinski definition) is 5. The minimum absolute atomic E-state index is 0.00830. The summed E-state index contributed by atoms with van der Waals surface area (Å²) in [6, 6.07) is 2.63. The Labute approximate surface area is 205 Å². The van der Waals surface area contributed by atoms with Gasteiger partial charge in [0.25, 0.3) is 5.91 Å². The first-order chi connectivity index (χ1) is 16.6. The lowest BCUT2D eigenvalue weighted by Gasteiger charge is -2.36. The molecule has 1 saturated heterocycles. The number of halogens is 4. The van der Waals surface area contributed by atoms with E-state index in [1.165, 1.54) is 0 Å². The smallest absolute Gasteiger partial charge is 0.416 e. The van der Waals surface area contributed by atoms with Gasteiger partial charge in [0.2, 0.25) is 0 Å². The lowest BCUT2D eigenvalue weighted by atomic mass is 9.75. The molecule has 1 amide bonds. The second-order valence-electron chi connectivity index (χ2n) is 9.03. The maximum Gasteiger partial charge on any atom is 0.416 e. The zero-order chi connectivity index (χ0) is 25.2. The normalized spacial score (nSPS) is 17.6. The number of ether oxygens (including phenoxy) is 2. The van der Waals surface area contributed by atoms with Gasteiger partial charge in [0, 0.05) is 36.9 Å². The molecule has 1 fully saturated rings. The van der Waals surface area contributed by atoms with Crippen molar-refractivity contribution in [2.75, 3.05) is 26.4 Å². The minimum Gasteiger partial charge on any atom is -0.462 e. The van der Waals surface area contributed by atoms with Crippen LogP contribution in [0.1, 0.15) is 63.9 Å². The van der Waals surface area contributed by atoms with E-state index in [0.29, 0.717) is 51.3 Å². The summed E-state index contributed by atoms with van der Waals surface area (Å²) in [5.41, 5.74) is 0.923. The first-order valence-electron chi connectivity index (χ1n) is 11.6. The van der Waals surface area contributed by atoms with Crippen molar-refractivity contribution in [3.8, 4) is 0 Å². The van der Waals surface area contributed by atoms with Crippen LogP contribution in [0, 0.1) is 5.41 Å². The molecule has 2 aliphatic heterocycles. The van der Waals surface area contributed by atoms with Gasteiger partial charge in [-0.1, -0.05) is 11.6 Å². The summed E-state index contributed by atoms with van der Waals surface area (Å²) in [5, 5.41) is 7.51. The highest BCUT2D eigenvalue weighted by atomic mass is 35.5. The second kappa shape index (κ2) is 10.2. The molecule has 0 bridgehead atoms. The molecule has 0 atom stereocenters. The number of fused-ring (bicyclic) bond motifs is 1. The summed E-state index contributed by atoms with van der Waals surface area (Å²) in [4.78, 5) is 25.2. The van der Waals surface area contributed by atoms with Crippen LogP contribution in [0.15, 0.2) is 18.2 Å². The van der Waals surface area contributed by atoms with Gasteiger partial charge in [0.05, 0.1) is 23.4 Å². The maximum absolute atomic E-state index is 13.0. The van der Waals surface area contributed by atoms with Gasteiger partial charge in [-0.15, -0.1) is 0 Å². The predicted octanol–water partition coefficient (Wildman–Crippen LogP) is 4.45. The van der Waals surface area contributed by atoms with Crippen LogP contribution in [-0.4, -0.2) is 48.0 Å². The molecular formula is C24H27ClF3N3O4. The Bertz CT molecular complexity index is 1110. The number of benzene rings is 1. The van der Waals surface area contributed by atoms with Crippen molar-refractivity contribution in [3.05, 3.63) is 51.3 Å². The van der Waals surface area contributed by atoms with Crippen LogP contribution in [0.3, 0.4) is 0 Å². The minimum atomic E-state index is -4.62. The number of carbonyl (C=O) groups excluding carboxylic acids is 2. The van der Waals surface area contributed by atoms with E-state index in [4.69, 9.17) is 21.1 Å². The summed E-state index contributed by atoms with van der Waals surface area (Å²) in [5.74, 6) is -1.02. The highest BCUT2D eigenvalue weighted by Crippen LogP contribution is 2.38. The largest absolute Gasteiger partial charge is 0.462 e. The van der Waals surface area contributed by atoms with Crippen molar-refractivity contribution in [3.63, 3.8) is 0 Å². The van der Waals surface area contributed by atoms with E-state index in [-0.39, 0.29) is 28.5 Å². The lowest BCUT2D eigenvalue weighted by molar-refractivity contribution is -0.137. The molecule has 1 aromatic carbocycles. The average molecular weight is 514 g/mol. The van der Waals surface area contributed by atoms with Crippen molar-refractivity contribution < 1.29 is 32.2 Å². The Balaban J connectivity index is 1.44. The molecule has 0 radical (unpaired) electrons. The number of hydrogen-bond donors (Lipinski definition) is 1. The molecule has 0 saturated carbocycles. The molecule has 35 heavy (non-hydrogen) atoms. The first kappa shape index (κ1) is 25.5. The van der Waals surface area contributed by atoms with Crippen molar-refractivity contribution in [1.29, 1.82) is 0 Å². The molecule has 2 aliphatic rings. The zero-order valence-corrected chi connectivity index (χ0v) is 20.1. The van der Waals surface area contributed by atoms with Crippen LogP contribution in [0.5, 0.6) is 0 Å². The van der Waals surface area contributed by atoms with E-state index < -0.39 is 17.7 Å². The number of nitrogens with zero attached hydrogens (tertiary/aromatic N) is 2. The third-order valence-electron chi connectivity index (χ3n) is 6.63. The lowest BCUT2D eigenvalue weighted by Crippen LogP contribution is -2.40. The van der Waals surface area contributed by atoms with Crippen molar-refractivity contribution in [2.24, 2.45) is 5.41 Å². The summed E-state index contributed by atoms with van der Waals surface area (Å²) >= 11 is 5.75. The molecule has 2 aromatic rings. The van der Waals surface area contributed by atoms with Crippen molar-refractivity contribution in [1.82, 2.24) is 15.1 Å². The predicted molar refractivity (Wildman–Crippen MR) is 121 cm³/mol. The number of aromatic nitrogens is 2. The van der Waals surface area contributed by atoms with Gasteiger partial charge >= 0.3 is 12.1 Å². The first-order valence-corrected chi connectivity index (χ1v) is 12.0. The Morgan fingerprint density at radius 3 is 2.71 bits per heavy atom. The quantitative estimate of drug-likeness (QED) is 0.456. The molecule has 0 aliphatic carbocycles. The fourth-order valence-electron chi connectivity index (χ4n) is 4.72. The van der Waals surface area contributed by atoms with Gasteiger partial charge in [-0.05, 0) is 62.6 Å². The molecular weight excluding hydrogens is 487 g/mol. The Morgan fingerprint density at radius 1 is 1.29 bits per heavy atom. The van der Waals surface area contributed by atoms with Crippen molar-refractivity contribution >= 4 is 23.5 Å². The van der Waals surface area contributed by atoms with Gasteiger partial charge in [-0.2, -0.15) is 18.3 Å². The third-order valence-corrected chi connectivity index (χ3v) is 6.85. The van der Waals surface area contributed by atoms with E-state index in [2.05, 4.69) is 10.4 Å². The highest BCUT2D eigenvalue weighted by Gasteiger charge is 2.39. The van der Waals surface area contributed by atoms with E-state index in [1.54, 1.807) is 4.68 Å². The number of esters is 1. The zero-order valence-electron chi connectivity index (χ0n) is 19.3. The summed E-state index contributed by atoms with van der Waals surface area (Å²) in [7, 11) is 0.